The van der Waals surface area contributed by atoms with Gasteiger partial charge in [-0.15, -0.1) is 0 Å². The molecule has 15 heavy (non-hydrogen) atoms. The molecule has 0 saturated heterocycles. The number of rotatable bonds is 4. The van der Waals surface area contributed by atoms with Crippen molar-refractivity contribution >= 4 is 5.91 Å². The van der Waals surface area contributed by atoms with Crippen LogP contribution in [0.5, 0.6) is 0 Å². The van der Waals surface area contributed by atoms with E-state index in [-0.39, 0.29) is 11.6 Å². The van der Waals surface area contributed by atoms with Crippen LogP contribution in [0.3, 0.4) is 0 Å². The Labute approximate surface area is 87.7 Å². The minimum Gasteiger partial charge on any atom is -0.383 e. The summed E-state index contributed by atoms with van der Waals surface area (Å²) in [5.41, 5.74) is 0.105. The molecule has 1 amide bonds. The Kier molecular flexibility index (Phi) is 4.17. The number of hydrogen-bond donors (Lipinski definition) is 0. The first kappa shape index (κ1) is 11.6. The highest BCUT2D eigenvalue weighted by atomic mass is 19.1. The van der Waals surface area contributed by atoms with Gasteiger partial charge in [-0.05, 0) is 12.1 Å². The molecule has 0 aliphatic carbocycles. The van der Waals surface area contributed by atoms with Crippen LogP contribution in [0.15, 0.2) is 18.2 Å². The van der Waals surface area contributed by atoms with Crippen LogP contribution < -0.4 is 0 Å². The largest absolute Gasteiger partial charge is 0.383 e. The monoisotopic (exact) mass is 212 g/mol. The number of ether oxygens (including phenoxy) is 1. The van der Waals surface area contributed by atoms with Crippen LogP contribution in [-0.4, -0.2) is 43.1 Å². The lowest BCUT2D eigenvalue weighted by Gasteiger charge is -2.15. The van der Waals surface area contributed by atoms with Gasteiger partial charge in [0.2, 0.25) is 5.95 Å². The van der Waals surface area contributed by atoms with Crippen molar-refractivity contribution in [2.24, 2.45) is 0 Å². The second-order valence-electron chi connectivity index (χ2n) is 3.07. The number of pyridine rings is 1. The molecule has 0 fully saturated rings. The van der Waals surface area contributed by atoms with Crippen molar-refractivity contribution in [3.05, 3.63) is 29.8 Å². The molecule has 0 saturated carbocycles. The van der Waals surface area contributed by atoms with Gasteiger partial charge in [0.25, 0.3) is 5.91 Å². The van der Waals surface area contributed by atoms with E-state index in [9.17, 15) is 9.18 Å². The predicted octanol–water partition coefficient (Wildman–Crippen LogP) is 0.939. The number of carbonyl (C=O) groups is 1. The van der Waals surface area contributed by atoms with Gasteiger partial charge >= 0.3 is 0 Å². The third kappa shape index (κ3) is 3.28. The molecular weight excluding hydrogens is 199 g/mol. The highest BCUT2D eigenvalue weighted by molar-refractivity contribution is 5.92. The van der Waals surface area contributed by atoms with Crippen molar-refractivity contribution in [2.75, 3.05) is 27.3 Å². The average Bonchev–Trinajstić information content (AvgIpc) is 2.24. The van der Waals surface area contributed by atoms with Crippen molar-refractivity contribution in [2.45, 2.75) is 0 Å². The van der Waals surface area contributed by atoms with Gasteiger partial charge in [-0.3, -0.25) is 4.79 Å². The lowest BCUT2D eigenvalue weighted by Crippen LogP contribution is -2.30. The summed E-state index contributed by atoms with van der Waals surface area (Å²) in [6.45, 7) is 0.894. The Balaban J connectivity index is 2.67. The van der Waals surface area contributed by atoms with E-state index in [0.29, 0.717) is 13.2 Å². The summed E-state index contributed by atoms with van der Waals surface area (Å²) in [7, 11) is 3.17. The summed E-state index contributed by atoms with van der Waals surface area (Å²) in [4.78, 5) is 16.6. The Bertz CT molecular complexity index is 344. The van der Waals surface area contributed by atoms with Gasteiger partial charge in [-0.25, -0.2) is 4.98 Å². The smallest absolute Gasteiger partial charge is 0.272 e. The van der Waals surface area contributed by atoms with Crippen LogP contribution in [0.2, 0.25) is 0 Å². The molecule has 0 aromatic carbocycles. The number of nitrogens with zero attached hydrogens (tertiary/aromatic N) is 2. The fourth-order valence-electron chi connectivity index (χ4n) is 1.05. The van der Waals surface area contributed by atoms with E-state index in [1.165, 1.54) is 23.1 Å². The minimum absolute atomic E-state index is 0.105. The van der Waals surface area contributed by atoms with Crippen molar-refractivity contribution in [3.8, 4) is 0 Å². The minimum atomic E-state index is -0.652. The first-order chi connectivity index (χ1) is 7.15. The number of amides is 1. The Morgan fingerprint density at radius 1 is 1.60 bits per heavy atom. The van der Waals surface area contributed by atoms with Crippen LogP contribution in [-0.2, 0) is 4.74 Å². The fourth-order valence-corrected chi connectivity index (χ4v) is 1.05. The van der Waals surface area contributed by atoms with E-state index < -0.39 is 5.95 Å². The first-order valence-electron chi connectivity index (χ1n) is 4.52. The van der Waals surface area contributed by atoms with Gasteiger partial charge in [-0.1, -0.05) is 6.07 Å². The lowest BCUT2D eigenvalue weighted by atomic mass is 10.3. The van der Waals surface area contributed by atoms with Crippen LogP contribution in [0.4, 0.5) is 4.39 Å². The van der Waals surface area contributed by atoms with E-state index in [2.05, 4.69) is 4.98 Å². The van der Waals surface area contributed by atoms with Crippen LogP contribution in [0.1, 0.15) is 10.5 Å². The molecule has 0 aliphatic heterocycles. The highest BCUT2D eigenvalue weighted by Crippen LogP contribution is 2.01. The van der Waals surface area contributed by atoms with Gasteiger partial charge in [-0.2, -0.15) is 4.39 Å². The molecule has 0 unspecified atom stereocenters. The molecule has 0 aliphatic rings. The molecule has 0 atom stereocenters. The number of methoxy groups -OCH3 is 1. The summed E-state index contributed by atoms with van der Waals surface area (Å²) in [6.07, 6.45) is 0. The van der Waals surface area contributed by atoms with Crippen molar-refractivity contribution in [1.82, 2.24) is 9.88 Å². The number of halogens is 1. The first-order valence-corrected chi connectivity index (χ1v) is 4.52. The third-order valence-corrected chi connectivity index (χ3v) is 1.91. The second-order valence-corrected chi connectivity index (χ2v) is 3.07. The van der Waals surface area contributed by atoms with Gasteiger partial charge in [0.05, 0.1) is 6.61 Å². The average molecular weight is 212 g/mol. The summed E-state index contributed by atoms with van der Waals surface area (Å²) in [5, 5.41) is 0. The topological polar surface area (TPSA) is 42.4 Å². The summed E-state index contributed by atoms with van der Waals surface area (Å²) >= 11 is 0. The zero-order valence-electron chi connectivity index (χ0n) is 8.74. The third-order valence-electron chi connectivity index (χ3n) is 1.91. The molecule has 0 radical (unpaired) electrons. The Morgan fingerprint density at radius 2 is 2.33 bits per heavy atom. The molecule has 0 bridgehead atoms. The SMILES string of the molecule is COCCN(C)C(=O)c1cccc(F)n1. The number of aromatic nitrogens is 1. The van der Waals surface area contributed by atoms with E-state index in [1.807, 2.05) is 0 Å². The second kappa shape index (κ2) is 5.41. The van der Waals surface area contributed by atoms with E-state index >= 15 is 0 Å². The molecule has 1 heterocycles. The zero-order chi connectivity index (χ0) is 11.3. The van der Waals surface area contributed by atoms with Gasteiger partial charge < -0.3 is 9.64 Å². The van der Waals surface area contributed by atoms with Crippen molar-refractivity contribution in [1.29, 1.82) is 0 Å². The van der Waals surface area contributed by atoms with Gasteiger partial charge in [0, 0.05) is 20.7 Å². The van der Waals surface area contributed by atoms with E-state index in [0.717, 1.165) is 0 Å². The van der Waals surface area contributed by atoms with Crippen LogP contribution >= 0.6 is 0 Å². The van der Waals surface area contributed by atoms with Crippen LogP contribution in [0, 0.1) is 5.95 Å². The number of carbonyl (C=O) groups excluding carboxylic acids is 1. The molecule has 4 nitrogen and oxygen atoms in total. The molecule has 1 rings (SSSR count). The fraction of sp³-hybridized carbons (Fsp3) is 0.400. The highest BCUT2D eigenvalue weighted by Gasteiger charge is 2.12. The number of hydrogen-bond acceptors (Lipinski definition) is 3. The number of likely N-dealkylation sites (N-methyl/N-ethyl adjacent to an activating group) is 1. The molecule has 0 spiro atoms. The van der Waals surface area contributed by atoms with Crippen LogP contribution in [0.25, 0.3) is 0 Å². The molecule has 0 N–H and O–H groups in total. The molecule has 1 aromatic heterocycles. The van der Waals surface area contributed by atoms with Crippen molar-refractivity contribution < 1.29 is 13.9 Å². The predicted molar refractivity (Wildman–Crippen MR) is 53.0 cm³/mol. The van der Waals surface area contributed by atoms with Crippen molar-refractivity contribution in [3.63, 3.8) is 0 Å². The maximum Gasteiger partial charge on any atom is 0.272 e. The normalized spacial score (nSPS) is 10.1. The van der Waals surface area contributed by atoms with E-state index in [4.69, 9.17) is 4.74 Å². The lowest BCUT2D eigenvalue weighted by molar-refractivity contribution is 0.0737. The maximum absolute atomic E-state index is 12.7. The Hall–Kier alpha value is -1.49. The molecule has 1 aromatic rings. The summed E-state index contributed by atoms with van der Waals surface area (Å²) < 4.78 is 17.6. The standard InChI is InChI=1S/C10H13FN2O2/c1-13(6-7-15-2)10(14)8-4-3-5-9(11)12-8/h3-5H,6-7H2,1-2H3. The summed E-state index contributed by atoms with van der Waals surface area (Å²) in [6, 6.07) is 4.14. The quantitative estimate of drug-likeness (QED) is 0.697. The summed E-state index contributed by atoms with van der Waals surface area (Å²) in [5.74, 6) is -0.965. The Morgan fingerprint density at radius 3 is 2.93 bits per heavy atom. The molecule has 82 valence electrons. The maximum atomic E-state index is 12.7. The molecular formula is C10H13FN2O2. The molecule has 5 heteroatoms. The van der Waals surface area contributed by atoms with Gasteiger partial charge in [0.15, 0.2) is 0 Å². The van der Waals surface area contributed by atoms with E-state index in [1.54, 1.807) is 14.2 Å². The van der Waals surface area contributed by atoms with Gasteiger partial charge in [0.1, 0.15) is 5.69 Å². The zero-order valence-corrected chi connectivity index (χ0v) is 8.74.